The normalized spacial score (nSPS) is 16.5. The molecule has 2 atom stereocenters. The molecule has 1 aliphatic rings. The summed E-state index contributed by atoms with van der Waals surface area (Å²) in [6.45, 7) is 4.78. The van der Waals surface area contributed by atoms with Crippen molar-refractivity contribution in [3.63, 3.8) is 0 Å². The Hall–Kier alpha value is -4.21. The third kappa shape index (κ3) is 4.66. The third-order valence-electron chi connectivity index (χ3n) is 6.79. The number of nitrogens with zero attached hydrogens (tertiary/aromatic N) is 3. The number of amides is 2. The van der Waals surface area contributed by atoms with Gasteiger partial charge in [0.2, 0.25) is 11.8 Å². The van der Waals surface area contributed by atoms with Crippen LogP contribution in [-0.4, -0.2) is 54.7 Å². The minimum Gasteiger partial charge on any atom is -0.343 e. The molecule has 3 heterocycles. The van der Waals surface area contributed by atoms with E-state index in [1.807, 2.05) is 30.3 Å². The maximum Gasteiger partial charge on any atom is 0.323 e. The van der Waals surface area contributed by atoms with Gasteiger partial charge in [0.05, 0.1) is 35.4 Å². The molecule has 2 aromatic heterocycles. The predicted octanol–water partition coefficient (Wildman–Crippen LogP) is 2.54. The smallest absolute Gasteiger partial charge is 0.323 e. The maximum absolute atomic E-state index is 13.6. The Bertz CT molecular complexity index is 1420. The number of aromatic amines is 3. The van der Waals surface area contributed by atoms with Gasteiger partial charge in [0.1, 0.15) is 6.04 Å². The van der Waals surface area contributed by atoms with Crippen molar-refractivity contribution in [1.82, 2.24) is 35.6 Å². The van der Waals surface area contributed by atoms with Crippen LogP contribution >= 0.6 is 0 Å². The summed E-state index contributed by atoms with van der Waals surface area (Å²) in [5.74, 6) is -0.00962. The second-order valence-electron chi connectivity index (χ2n) is 9.50. The predicted molar refractivity (Wildman–Crippen MR) is 134 cm³/mol. The Labute approximate surface area is 207 Å². The van der Waals surface area contributed by atoms with E-state index in [0.29, 0.717) is 35.6 Å². The van der Waals surface area contributed by atoms with Crippen LogP contribution in [0.3, 0.4) is 0 Å². The average molecular weight is 488 g/mol. The molecule has 0 bridgehead atoms. The molecule has 2 aromatic carbocycles. The van der Waals surface area contributed by atoms with E-state index in [-0.39, 0.29) is 23.9 Å². The summed E-state index contributed by atoms with van der Waals surface area (Å²) in [7, 11) is 0. The summed E-state index contributed by atoms with van der Waals surface area (Å²) in [4.78, 5) is 45.9. The molecular formula is C26H29N7O3. The lowest BCUT2D eigenvalue weighted by Gasteiger charge is -2.27. The first-order valence-corrected chi connectivity index (χ1v) is 12.2. The Morgan fingerprint density at radius 2 is 1.89 bits per heavy atom. The highest BCUT2D eigenvalue weighted by molar-refractivity contribution is 5.90. The minimum absolute atomic E-state index is 0.0876. The number of nitrogens with one attached hydrogen (secondary N) is 4. The topological polar surface area (TPSA) is 140 Å². The van der Waals surface area contributed by atoms with Crippen molar-refractivity contribution in [2.75, 3.05) is 6.54 Å². The Morgan fingerprint density at radius 1 is 1.11 bits per heavy atom. The number of likely N-dealkylation sites (tertiary alicyclic amines) is 1. The standard InChI is InChI=1S/C26H29N7O3/c1-15(2)16-8-10-17(11-9-16)23(19-5-3-6-20-24(19)30-26(36)28-20)29-25(35)21-7-4-12-33(21)22(34)13-18-14-27-32-31-18/h3,5-6,8-11,14-15,21,23H,4,7,12-13H2,1-2H3,(H,29,35)(H,27,31,32)(H2,28,30,36)/t21-,23?/m0/s1. The Balaban J connectivity index is 1.46. The van der Waals surface area contributed by atoms with E-state index in [9.17, 15) is 14.4 Å². The fraction of sp³-hybridized carbons (Fsp3) is 0.346. The first kappa shape index (κ1) is 23.5. The van der Waals surface area contributed by atoms with Crippen LogP contribution in [-0.2, 0) is 16.0 Å². The molecule has 0 saturated carbocycles. The zero-order valence-electron chi connectivity index (χ0n) is 20.2. The average Bonchev–Trinajstić information content (AvgIpc) is 3.62. The lowest BCUT2D eigenvalue weighted by atomic mass is 9.94. The number of H-pyrrole nitrogens is 3. The third-order valence-corrected chi connectivity index (χ3v) is 6.79. The highest BCUT2D eigenvalue weighted by Gasteiger charge is 2.35. The summed E-state index contributed by atoms with van der Waals surface area (Å²) >= 11 is 0. The molecule has 10 heteroatoms. The van der Waals surface area contributed by atoms with Crippen LogP contribution in [0.5, 0.6) is 0 Å². The summed E-state index contributed by atoms with van der Waals surface area (Å²) in [5, 5.41) is 13.4. The van der Waals surface area contributed by atoms with Gasteiger partial charge in [-0.2, -0.15) is 15.4 Å². The first-order valence-electron chi connectivity index (χ1n) is 12.2. The molecule has 5 rings (SSSR count). The molecule has 2 amide bonds. The van der Waals surface area contributed by atoms with Crippen LogP contribution in [0.4, 0.5) is 0 Å². The largest absolute Gasteiger partial charge is 0.343 e. The zero-order chi connectivity index (χ0) is 25.2. The van der Waals surface area contributed by atoms with Crippen LogP contribution in [0.25, 0.3) is 11.0 Å². The summed E-state index contributed by atoms with van der Waals surface area (Å²) < 4.78 is 0. The van der Waals surface area contributed by atoms with Crippen molar-refractivity contribution in [3.8, 4) is 0 Å². The van der Waals surface area contributed by atoms with Crippen molar-refractivity contribution in [1.29, 1.82) is 0 Å². The molecule has 36 heavy (non-hydrogen) atoms. The fourth-order valence-corrected chi connectivity index (χ4v) is 4.88. The molecule has 4 aromatic rings. The van der Waals surface area contributed by atoms with E-state index in [1.54, 1.807) is 4.90 Å². The van der Waals surface area contributed by atoms with Gasteiger partial charge in [0, 0.05) is 12.1 Å². The number of hydrogen-bond acceptors (Lipinski definition) is 5. The molecule has 0 spiro atoms. The molecule has 4 N–H and O–H groups in total. The summed E-state index contributed by atoms with van der Waals surface area (Å²) in [5.41, 5.74) is 4.40. The molecule has 1 fully saturated rings. The SMILES string of the molecule is CC(C)c1ccc(C(NC(=O)[C@@H]2CCCN2C(=O)Cc2cn[nH]n2)c2cccc3[nH]c(=O)[nH]c23)cc1. The van der Waals surface area contributed by atoms with E-state index in [1.165, 1.54) is 11.8 Å². The van der Waals surface area contributed by atoms with Crippen LogP contribution in [0.2, 0.25) is 0 Å². The summed E-state index contributed by atoms with van der Waals surface area (Å²) in [6.07, 6.45) is 2.93. The van der Waals surface area contributed by atoms with Gasteiger partial charge in [-0.05, 0) is 36.0 Å². The summed E-state index contributed by atoms with van der Waals surface area (Å²) in [6, 6.07) is 12.6. The number of fused-ring (bicyclic) bond motifs is 1. The van der Waals surface area contributed by atoms with Crippen molar-refractivity contribution in [2.45, 2.75) is 51.1 Å². The molecule has 0 radical (unpaired) electrons. The molecular weight excluding hydrogens is 458 g/mol. The minimum atomic E-state index is -0.577. The molecule has 0 aliphatic carbocycles. The highest BCUT2D eigenvalue weighted by Crippen LogP contribution is 2.29. The zero-order valence-corrected chi connectivity index (χ0v) is 20.2. The van der Waals surface area contributed by atoms with Crippen LogP contribution in [0.15, 0.2) is 53.5 Å². The number of hydrogen-bond donors (Lipinski definition) is 4. The van der Waals surface area contributed by atoms with Crippen molar-refractivity contribution in [3.05, 3.63) is 81.5 Å². The maximum atomic E-state index is 13.6. The Morgan fingerprint density at radius 3 is 2.61 bits per heavy atom. The van der Waals surface area contributed by atoms with Gasteiger partial charge in [-0.1, -0.05) is 50.2 Å². The van der Waals surface area contributed by atoms with Gasteiger partial charge in [0.25, 0.3) is 0 Å². The van der Waals surface area contributed by atoms with Crippen LogP contribution < -0.4 is 11.0 Å². The number of rotatable bonds is 7. The van der Waals surface area contributed by atoms with Gasteiger partial charge >= 0.3 is 5.69 Å². The Kier molecular flexibility index (Phi) is 6.41. The first-order chi connectivity index (χ1) is 17.4. The quantitative estimate of drug-likeness (QED) is 0.317. The number of benzene rings is 2. The van der Waals surface area contributed by atoms with Gasteiger partial charge in [-0.3, -0.25) is 9.59 Å². The van der Waals surface area contributed by atoms with Crippen molar-refractivity contribution < 1.29 is 9.59 Å². The van der Waals surface area contributed by atoms with E-state index in [4.69, 9.17) is 0 Å². The number of carbonyl (C=O) groups excluding carboxylic acids is 2. The molecule has 186 valence electrons. The fourth-order valence-electron chi connectivity index (χ4n) is 4.88. The van der Waals surface area contributed by atoms with E-state index in [2.05, 4.69) is 56.7 Å². The monoisotopic (exact) mass is 487 g/mol. The number of para-hydroxylation sites is 1. The highest BCUT2D eigenvalue weighted by atomic mass is 16.2. The lowest BCUT2D eigenvalue weighted by molar-refractivity contribution is -0.138. The number of aromatic nitrogens is 5. The van der Waals surface area contributed by atoms with E-state index < -0.39 is 12.1 Å². The van der Waals surface area contributed by atoms with Gasteiger partial charge < -0.3 is 20.2 Å². The van der Waals surface area contributed by atoms with E-state index >= 15 is 0 Å². The molecule has 1 aliphatic heterocycles. The van der Waals surface area contributed by atoms with E-state index in [0.717, 1.165) is 17.5 Å². The van der Waals surface area contributed by atoms with Crippen molar-refractivity contribution in [2.24, 2.45) is 0 Å². The van der Waals surface area contributed by atoms with Gasteiger partial charge in [-0.15, -0.1) is 0 Å². The van der Waals surface area contributed by atoms with Crippen molar-refractivity contribution >= 4 is 22.8 Å². The second-order valence-corrected chi connectivity index (χ2v) is 9.50. The number of carbonyl (C=O) groups is 2. The molecule has 1 unspecified atom stereocenters. The van der Waals surface area contributed by atoms with Crippen LogP contribution in [0, 0.1) is 0 Å². The molecule has 10 nitrogen and oxygen atoms in total. The van der Waals surface area contributed by atoms with Gasteiger partial charge in [0.15, 0.2) is 0 Å². The lowest BCUT2D eigenvalue weighted by Crippen LogP contribution is -2.47. The molecule has 1 saturated heterocycles. The van der Waals surface area contributed by atoms with Crippen LogP contribution in [0.1, 0.15) is 61.0 Å². The number of imidazole rings is 1. The van der Waals surface area contributed by atoms with Gasteiger partial charge in [-0.25, -0.2) is 4.79 Å². The second kappa shape index (κ2) is 9.80.